The predicted molar refractivity (Wildman–Crippen MR) is 250 cm³/mol. The van der Waals surface area contributed by atoms with Gasteiger partial charge in [0.2, 0.25) is 0 Å². The maximum Gasteiger partial charge on any atom is 0.0159 e. The van der Waals surface area contributed by atoms with Gasteiger partial charge in [0, 0.05) is 10.8 Å². The SMILES string of the molecule is CCCCCCCCc1ccc(-c2c3ccccc3c(-c3ccc4c(c3)C(C)(C)c3cc(-c5ccc6c(c5)C(C)(C)c5ccccc5-6)ccc3-4)c3ccccc23)cc1. The minimum atomic E-state index is -0.147. The molecule has 0 spiro atoms. The van der Waals surface area contributed by atoms with Gasteiger partial charge in [0.25, 0.3) is 0 Å². The quantitative estimate of drug-likeness (QED) is 0.0964. The summed E-state index contributed by atoms with van der Waals surface area (Å²) in [4.78, 5) is 0. The normalized spacial score (nSPS) is 14.4. The topological polar surface area (TPSA) is 0 Å². The molecule has 2 aliphatic carbocycles. The van der Waals surface area contributed by atoms with E-state index in [-0.39, 0.29) is 10.8 Å². The van der Waals surface area contributed by atoms with Gasteiger partial charge >= 0.3 is 0 Å². The molecule has 0 fully saturated rings. The molecule has 0 saturated carbocycles. The van der Waals surface area contributed by atoms with E-state index in [0.717, 1.165) is 6.42 Å². The first-order valence-corrected chi connectivity index (χ1v) is 21.8. The Bertz CT molecular complexity index is 2800. The van der Waals surface area contributed by atoms with Gasteiger partial charge in [-0.05, 0) is 136 Å². The molecule has 8 aromatic rings. The summed E-state index contributed by atoms with van der Waals surface area (Å²) in [6, 6.07) is 58.2. The van der Waals surface area contributed by atoms with E-state index >= 15 is 0 Å². The summed E-state index contributed by atoms with van der Waals surface area (Å²) < 4.78 is 0. The Morgan fingerprint density at radius 3 is 1.29 bits per heavy atom. The molecule has 0 bridgehead atoms. The van der Waals surface area contributed by atoms with Crippen LogP contribution in [0.15, 0.2) is 152 Å². The van der Waals surface area contributed by atoms with E-state index < -0.39 is 0 Å². The number of unbranched alkanes of at least 4 members (excludes halogenated alkanes) is 5. The van der Waals surface area contributed by atoms with Crippen molar-refractivity contribution in [3.05, 3.63) is 179 Å². The summed E-state index contributed by atoms with van der Waals surface area (Å²) in [5.74, 6) is 0. The molecule has 286 valence electrons. The lowest BCUT2D eigenvalue weighted by atomic mass is 9.79. The summed E-state index contributed by atoms with van der Waals surface area (Å²) in [5.41, 5.74) is 20.2. The Kier molecular flexibility index (Phi) is 9.01. The highest BCUT2D eigenvalue weighted by Gasteiger charge is 2.37. The maximum atomic E-state index is 2.51. The minimum absolute atomic E-state index is 0.0192. The summed E-state index contributed by atoms with van der Waals surface area (Å²) in [6.45, 7) is 11.9. The molecule has 0 saturated heterocycles. The number of aryl methyl sites for hydroxylation is 1. The van der Waals surface area contributed by atoms with Gasteiger partial charge in [-0.2, -0.15) is 0 Å². The molecule has 0 amide bonds. The van der Waals surface area contributed by atoms with Crippen molar-refractivity contribution in [1.29, 1.82) is 0 Å². The van der Waals surface area contributed by atoms with Crippen molar-refractivity contribution >= 4 is 21.5 Å². The standard InChI is InChI=1S/C58H54/c1-6-7-8-9-10-11-18-38-25-27-39(28-26-38)55-47-20-12-14-22-49(47)56(50-23-15-13-21-48(50)55)42-31-34-46-45-33-30-41(36-53(45)58(4,5)54(46)37-42)40-29-32-44-43-19-16-17-24-51(43)57(2,3)52(44)35-40/h12-17,19-37H,6-11,18H2,1-5H3. The highest BCUT2D eigenvalue weighted by molar-refractivity contribution is 6.21. The molecule has 0 heteroatoms. The van der Waals surface area contributed by atoms with Crippen molar-refractivity contribution in [2.45, 2.75) is 90.4 Å². The van der Waals surface area contributed by atoms with Gasteiger partial charge < -0.3 is 0 Å². The maximum absolute atomic E-state index is 2.51. The van der Waals surface area contributed by atoms with E-state index in [1.807, 2.05) is 0 Å². The van der Waals surface area contributed by atoms with Crippen molar-refractivity contribution in [1.82, 2.24) is 0 Å². The summed E-state index contributed by atoms with van der Waals surface area (Å²) in [7, 11) is 0. The van der Waals surface area contributed by atoms with Crippen LogP contribution in [0.25, 0.3) is 77.2 Å². The lowest BCUT2D eigenvalue weighted by molar-refractivity contribution is 0.607. The molecule has 8 aromatic carbocycles. The van der Waals surface area contributed by atoms with E-state index in [2.05, 4.69) is 186 Å². The minimum Gasteiger partial charge on any atom is -0.0654 e. The van der Waals surface area contributed by atoms with Crippen LogP contribution in [0, 0.1) is 0 Å². The van der Waals surface area contributed by atoms with E-state index in [9.17, 15) is 0 Å². The van der Waals surface area contributed by atoms with Gasteiger partial charge in [0.1, 0.15) is 0 Å². The molecule has 58 heavy (non-hydrogen) atoms. The summed E-state index contributed by atoms with van der Waals surface area (Å²) >= 11 is 0. The Hall–Kier alpha value is -5.72. The average Bonchev–Trinajstić information content (AvgIpc) is 3.62. The Labute approximate surface area is 345 Å². The zero-order chi connectivity index (χ0) is 39.6. The van der Waals surface area contributed by atoms with E-state index in [1.54, 1.807) is 0 Å². The summed E-state index contributed by atoms with van der Waals surface area (Å²) in [5, 5.41) is 5.25. The molecule has 0 N–H and O–H groups in total. The van der Waals surface area contributed by atoms with Crippen molar-refractivity contribution in [3.8, 4) is 55.6 Å². The van der Waals surface area contributed by atoms with Gasteiger partial charge in [-0.1, -0.05) is 200 Å². The van der Waals surface area contributed by atoms with E-state index in [4.69, 9.17) is 0 Å². The number of hydrogen-bond acceptors (Lipinski definition) is 0. The fraction of sp³-hybridized carbons (Fsp3) is 0.241. The van der Waals surface area contributed by atoms with Crippen LogP contribution in [0.4, 0.5) is 0 Å². The number of benzene rings is 8. The fourth-order valence-corrected chi connectivity index (χ4v) is 10.7. The van der Waals surface area contributed by atoms with Gasteiger partial charge in [0.15, 0.2) is 0 Å². The average molecular weight is 751 g/mol. The number of fused-ring (bicyclic) bond motifs is 8. The molecule has 10 rings (SSSR count). The molecule has 0 heterocycles. The van der Waals surface area contributed by atoms with Crippen molar-refractivity contribution in [2.75, 3.05) is 0 Å². The molecule has 0 aliphatic heterocycles. The van der Waals surface area contributed by atoms with Crippen LogP contribution in [0.5, 0.6) is 0 Å². The number of hydrogen-bond donors (Lipinski definition) is 0. The zero-order valence-electron chi connectivity index (χ0n) is 34.9. The van der Waals surface area contributed by atoms with Crippen molar-refractivity contribution in [2.24, 2.45) is 0 Å². The molecular weight excluding hydrogens is 697 g/mol. The van der Waals surface area contributed by atoms with Crippen LogP contribution in [-0.2, 0) is 17.3 Å². The second kappa shape index (κ2) is 14.3. The second-order valence-corrected chi connectivity index (χ2v) is 18.1. The largest absolute Gasteiger partial charge is 0.0654 e. The van der Waals surface area contributed by atoms with E-state index in [0.29, 0.717) is 0 Å². The lowest BCUT2D eigenvalue weighted by Gasteiger charge is -2.24. The third-order valence-electron chi connectivity index (χ3n) is 13.9. The Morgan fingerprint density at radius 1 is 0.345 bits per heavy atom. The van der Waals surface area contributed by atoms with Crippen molar-refractivity contribution in [3.63, 3.8) is 0 Å². The molecule has 0 atom stereocenters. The molecule has 0 nitrogen and oxygen atoms in total. The third-order valence-corrected chi connectivity index (χ3v) is 13.9. The first-order chi connectivity index (χ1) is 28.3. The van der Waals surface area contributed by atoms with Crippen LogP contribution in [-0.4, -0.2) is 0 Å². The van der Waals surface area contributed by atoms with Crippen LogP contribution < -0.4 is 0 Å². The van der Waals surface area contributed by atoms with Gasteiger partial charge in [-0.15, -0.1) is 0 Å². The lowest BCUT2D eigenvalue weighted by Crippen LogP contribution is -2.15. The highest BCUT2D eigenvalue weighted by Crippen LogP contribution is 2.53. The van der Waals surface area contributed by atoms with Gasteiger partial charge in [-0.3, -0.25) is 0 Å². The summed E-state index contributed by atoms with van der Waals surface area (Å²) in [6.07, 6.45) is 9.16. The zero-order valence-corrected chi connectivity index (χ0v) is 34.9. The molecule has 2 aliphatic rings. The van der Waals surface area contributed by atoms with E-state index in [1.165, 1.54) is 144 Å². The fourth-order valence-electron chi connectivity index (χ4n) is 10.7. The highest BCUT2D eigenvalue weighted by atomic mass is 14.4. The third kappa shape index (κ3) is 5.87. The monoisotopic (exact) mass is 750 g/mol. The van der Waals surface area contributed by atoms with Gasteiger partial charge in [-0.25, -0.2) is 0 Å². The molecule has 0 unspecified atom stereocenters. The predicted octanol–water partition coefficient (Wildman–Crippen LogP) is 16.5. The van der Waals surface area contributed by atoms with Crippen LogP contribution in [0.2, 0.25) is 0 Å². The van der Waals surface area contributed by atoms with Gasteiger partial charge in [0.05, 0.1) is 0 Å². The number of rotatable bonds is 10. The molecule has 0 aromatic heterocycles. The Balaban J connectivity index is 1.01. The van der Waals surface area contributed by atoms with Crippen LogP contribution in [0.3, 0.4) is 0 Å². The van der Waals surface area contributed by atoms with Crippen LogP contribution in [0.1, 0.15) is 101 Å². The smallest absolute Gasteiger partial charge is 0.0159 e. The first kappa shape index (κ1) is 36.6. The van der Waals surface area contributed by atoms with Crippen molar-refractivity contribution < 1.29 is 0 Å². The molecular formula is C58H54. The Morgan fingerprint density at radius 2 is 0.741 bits per heavy atom. The second-order valence-electron chi connectivity index (χ2n) is 18.1. The molecule has 0 radical (unpaired) electrons. The van der Waals surface area contributed by atoms with Crippen LogP contribution >= 0.6 is 0 Å². The first-order valence-electron chi connectivity index (χ1n) is 21.8.